The maximum absolute atomic E-state index is 2.48. The zero-order chi connectivity index (χ0) is 34.8. The van der Waals surface area contributed by atoms with Gasteiger partial charge < -0.3 is 4.90 Å². The molecule has 1 aliphatic carbocycles. The molecule has 0 aliphatic heterocycles. The van der Waals surface area contributed by atoms with E-state index in [2.05, 4.69) is 207 Å². The summed E-state index contributed by atoms with van der Waals surface area (Å²) in [5, 5.41) is 7.54. The molecule has 0 N–H and O–H groups in total. The van der Waals surface area contributed by atoms with Crippen LogP contribution in [0, 0.1) is 0 Å². The van der Waals surface area contributed by atoms with Crippen LogP contribution in [0.4, 0.5) is 17.1 Å². The second-order valence-electron chi connectivity index (χ2n) is 14.6. The quantitative estimate of drug-likeness (QED) is 0.166. The van der Waals surface area contributed by atoms with Gasteiger partial charge in [0.05, 0.1) is 5.69 Å². The first kappa shape index (κ1) is 30.4. The number of para-hydroxylation sites is 1. The molecule has 0 amide bonds. The largest absolute Gasteiger partial charge is 0.310 e. The first-order valence-electron chi connectivity index (χ1n) is 18.2. The summed E-state index contributed by atoms with van der Waals surface area (Å²) >= 11 is 0. The second-order valence-corrected chi connectivity index (χ2v) is 14.6. The summed E-state index contributed by atoms with van der Waals surface area (Å²) in [6.45, 7) is 4.72. The van der Waals surface area contributed by atoms with Crippen LogP contribution in [-0.4, -0.2) is 0 Å². The molecule has 9 aromatic carbocycles. The third kappa shape index (κ3) is 4.77. The molecule has 0 unspecified atom stereocenters. The van der Waals surface area contributed by atoms with Crippen LogP contribution in [-0.2, 0) is 5.41 Å². The number of rotatable bonds is 5. The van der Waals surface area contributed by atoms with Crippen LogP contribution in [0.25, 0.3) is 65.7 Å². The summed E-state index contributed by atoms with van der Waals surface area (Å²) in [7, 11) is 0. The van der Waals surface area contributed by atoms with Gasteiger partial charge in [-0.3, -0.25) is 0 Å². The van der Waals surface area contributed by atoms with Crippen LogP contribution >= 0.6 is 0 Å². The first-order valence-corrected chi connectivity index (χ1v) is 18.2. The Bertz CT molecular complexity index is 2840. The molecule has 0 saturated heterocycles. The highest BCUT2D eigenvalue weighted by atomic mass is 15.1. The van der Waals surface area contributed by atoms with Gasteiger partial charge in [0.1, 0.15) is 0 Å². The van der Waals surface area contributed by atoms with Crippen LogP contribution in [0.5, 0.6) is 0 Å². The zero-order valence-electron chi connectivity index (χ0n) is 29.3. The standard InChI is InChI=1S/C51H37N/c1-51(2)48-24-11-9-22-44(48)45-29-28-40(33-49(45)51)52(39-18-13-17-36(31-39)37-27-26-34-14-3-4-15-35(34)30-37)50-25-12-10-23-46(50)47-32-38-16-5-6-19-41(38)42-20-7-8-21-43(42)47/h3-33H,1-2H3. The van der Waals surface area contributed by atoms with Gasteiger partial charge in [-0.25, -0.2) is 0 Å². The van der Waals surface area contributed by atoms with E-state index >= 15 is 0 Å². The van der Waals surface area contributed by atoms with Crippen molar-refractivity contribution in [2.45, 2.75) is 19.3 Å². The average molecular weight is 664 g/mol. The molecule has 0 atom stereocenters. The molecule has 1 aliphatic rings. The first-order chi connectivity index (χ1) is 25.5. The van der Waals surface area contributed by atoms with Gasteiger partial charge in [-0.05, 0) is 114 Å². The summed E-state index contributed by atoms with van der Waals surface area (Å²) in [6, 6.07) is 69.3. The van der Waals surface area contributed by atoms with Gasteiger partial charge in [0.2, 0.25) is 0 Å². The van der Waals surface area contributed by atoms with Gasteiger partial charge in [-0.15, -0.1) is 0 Å². The van der Waals surface area contributed by atoms with Crippen LogP contribution in [0.2, 0.25) is 0 Å². The molecule has 1 nitrogen and oxygen atoms in total. The Hall–Kier alpha value is -6.44. The normalized spacial score (nSPS) is 13.0. The zero-order valence-corrected chi connectivity index (χ0v) is 29.3. The molecule has 0 bridgehead atoms. The van der Waals surface area contributed by atoms with E-state index in [1.54, 1.807) is 0 Å². The Morgan fingerprint density at radius 2 is 0.981 bits per heavy atom. The summed E-state index contributed by atoms with van der Waals surface area (Å²) in [6.07, 6.45) is 0. The molecule has 0 radical (unpaired) electrons. The van der Waals surface area contributed by atoms with E-state index < -0.39 is 0 Å². The highest BCUT2D eigenvalue weighted by Crippen LogP contribution is 2.51. The Morgan fingerprint density at radius 1 is 0.346 bits per heavy atom. The van der Waals surface area contributed by atoms with E-state index in [0.29, 0.717) is 0 Å². The van der Waals surface area contributed by atoms with Gasteiger partial charge in [-0.2, -0.15) is 0 Å². The lowest BCUT2D eigenvalue weighted by atomic mass is 9.82. The van der Waals surface area contributed by atoms with Gasteiger partial charge in [0, 0.05) is 22.4 Å². The predicted molar refractivity (Wildman–Crippen MR) is 222 cm³/mol. The minimum Gasteiger partial charge on any atom is -0.310 e. The smallest absolute Gasteiger partial charge is 0.0540 e. The highest BCUT2D eigenvalue weighted by molar-refractivity contribution is 6.15. The maximum Gasteiger partial charge on any atom is 0.0540 e. The SMILES string of the molecule is CC1(C)c2ccccc2-c2ccc(N(c3cccc(-c4ccc5ccccc5c4)c3)c3ccccc3-c3cc4ccccc4c4ccccc34)cc21. The Labute approximate surface area is 305 Å². The van der Waals surface area contributed by atoms with Crippen molar-refractivity contribution in [3.8, 4) is 33.4 Å². The maximum atomic E-state index is 2.48. The fraction of sp³-hybridized carbons (Fsp3) is 0.0588. The number of nitrogens with zero attached hydrogens (tertiary/aromatic N) is 1. The van der Waals surface area contributed by atoms with E-state index in [-0.39, 0.29) is 5.41 Å². The number of hydrogen-bond donors (Lipinski definition) is 0. The lowest BCUT2D eigenvalue weighted by Gasteiger charge is -2.30. The summed E-state index contributed by atoms with van der Waals surface area (Å²) in [4.78, 5) is 2.48. The molecule has 0 aromatic heterocycles. The van der Waals surface area contributed by atoms with Crippen molar-refractivity contribution in [3.05, 3.63) is 199 Å². The minimum absolute atomic E-state index is 0.116. The molecule has 0 fully saturated rings. The fourth-order valence-electron chi connectivity index (χ4n) is 8.63. The summed E-state index contributed by atoms with van der Waals surface area (Å²) in [5.74, 6) is 0. The van der Waals surface area contributed by atoms with Gasteiger partial charge in [-0.1, -0.05) is 159 Å². The molecule has 0 spiro atoms. The lowest BCUT2D eigenvalue weighted by Crippen LogP contribution is -2.17. The lowest BCUT2D eigenvalue weighted by molar-refractivity contribution is 0.660. The molecule has 10 rings (SSSR count). The highest BCUT2D eigenvalue weighted by Gasteiger charge is 2.36. The monoisotopic (exact) mass is 663 g/mol. The third-order valence-corrected chi connectivity index (χ3v) is 11.2. The Morgan fingerprint density at radius 3 is 1.85 bits per heavy atom. The van der Waals surface area contributed by atoms with E-state index in [1.807, 2.05) is 0 Å². The van der Waals surface area contributed by atoms with Crippen molar-refractivity contribution in [1.29, 1.82) is 0 Å². The van der Waals surface area contributed by atoms with Gasteiger partial charge in [0.15, 0.2) is 0 Å². The van der Waals surface area contributed by atoms with Crippen molar-refractivity contribution in [2.75, 3.05) is 4.90 Å². The van der Waals surface area contributed by atoms with E-state index in [1.165, 1.54) is 76.8 Å². The Balaban J connectivity index is 1.22. The molecule has 0 heterocycles. The van der Waals surface area contributed by atoms with Crippen molar-refractivity contribution in [2.24, 2.45) is 0 Å². The van der Waals surface area contributed by atoms with Gasteiger partial charge >= 0.3 is 0 Å². The second kappa shape index (κ2) is 11.8. The van der Waals surface area contributed by atoms with Crippen molar-refractivity contribution in [3.63, 3.8) is 0 Å². The van der Waals surface area contributed by atoms with Crippen LogP contribution in [0.3, 0.4) is 0 Å². The predicted octanol–water partition coefficient (Wildman–Crippen LogP) is 14.3. The fourth-order valence-corrected chi connectivity index (χ4v) is 8.63. The van der Waals surface area contributed by atoms with Crippen LogP contribution < -0.4 is 4.90 Å². The van der Waals surface area contributed by atoms with Crippen LogP contribution in [0.15, 0.2) is 188 Å². The van der Waals surface area contributed by atoms with E-state index in [4.69, 9.17) is 0 Å². The van der Waals surface area contributed by atoms with Crippen molar-refractivity contribution >= 4 is 49.4 Å². The number of benzene rings is 9. The average Bonchev–Trinajstić information content (AvgIpc) is 3.43. The van der Waals surface area contributed by atoms with E-state index in [0.717, 1.165) is 17.1 Å². The molecule has 52 heavy (non-hydrogen) atoms. The molecule has 246 valence electrons. The molecule has 1 heteroatoms. The molecule has 0 saturated carbocycles. The Kier molecular flexibility index (Phi) is 6.91. The van der Waals surface area contributed by atoms with E-state index in [9.17, 15) is 0 Å². The van der Waals surface area contributed by atoms with Crippen molar-refractivity contribution in [1.82, 2.24) is 0 Å². The van der Waals surface area contributed by atoms with Crippen LogP contribution in [0.1, 0.15) is 25.0 Å². The minimum atomic E-state index is -0.116. The molecular weight excluding hydrogens is 627 g/mol. The van der Waals surface area contributed by atoms with Crippen molar-refractivity contribution < 1.29 is 0 Å². The number of hydrogen-bond acceptors (Lipinski definition) is 1. The molecular formula is C51H37N. The topological polar surface area (TPSA) is 3.24 Å². The summed E-state index contributed by atoms with van der Waals surface area (Å²) in [5.41, 5.74) is 13.5. The summed E-state index contributed by atoms with van der Waals surface area (Å²) < 4.78 is 0. The number of anilines is 3. The third-order valence-electron chi connectivity index (χ3n) is 11.2. The number of fused-ring (bicyclic) bond motifs is 7. The molecule has 9 aromatic rings. The van der Waals surface area contributed by atoms with Gasteiger partial charge in [0.25, 0.3) is 0 Å².